The molecule has 0 aliphatic heterocycles. The highest BCUT2D eigenvalue weighted by Crippen LogP contribution is 2.16. The first-order chi connectivity index (χ1) is 47.3. The first-order valence-corrected chi connectivity index (χ1v) is 33.8. The topological polar surface area (TPSA) is 519 Å². The van der Waals surface area contributed by atoms with Gasteiger partial charge in [-0.2, -0.15) is 37.0 Å². The lowest BCUT2D eigenvalue weighted by Gasteiger charge is -2.27. The standard InChI is InChI=1S/C65H84N12O20S3/c1-33(2)54(65(96)97)77-62(93)48(29-53(84)85)74-58(89)43(22-23-100-4)70-61(92)46(27-38-14-20-41(80)21-15-38)72-63(94)49(31-98)75-55(86)34(3)68-59(90)45(26-37-12-18-40(79)19-13-37)71-60(91)44(25-35-8-6-5-7-9-35)69-51(81)30-67-57(88)47(28-52(82)83)73-64(95)50(32-99)76-56(87)42(66)24-36-10-16-39(78)17-11-36/h5-21,33-34,42-50,54,78-80,98-99H,22-32,66H2,1-4H3,(H,67,88)(H,68,90)(H,69,81)(H,70,92)(H,71,91)(H,72,94)(H,73,95)(H,74,89)(H,75,86)(H,76,87)(H,77,93)(H,82,83)(H,84,85)(H,96,97)/t34-,42-,43-,44-,45-,46-,47-,48-,49-,50-,54-/m0/s1. The first kappa shape index (κ1) is 82.3. The van der Waals surface area contributed by atoms with E-state index in [9.17, 15) is 97.8 Å². The molecule has 4 aromatic carbocycles. The normalized spacial score (nSPS) is 14.3. The molecule has 0 aromatic heterocycles. The van der Waals surface area contributed by atoms with E-state index in [1.165, 1.54) is 105 Å². The monoisotopic (exact) mass is 1450 g/mol. The number of carbonyl (C=O) groups is 14. The third-order valence-corrected chi connectivity index (χ3v) is 16.4. The molecule has 32 nitrogen and oxygen atoms in total. The zero-order valence-electron chi connectivity index (χ0n) is 54.8. The number of phenols is 3. The molecule has 0 bridgehead atoms. The van der Waals surface area contributed by atoms with Gasteiger partial charge in [-0.15, -0.1) is 0 Å². The number of phenolic OH excluding ortho intramolecular Hbond substituents is 3. The minimum absolute atomic E-state index is 0.000222. The predicted molar refractivity (Wildman–Crippen MR) is 369 cm³/mol. The van der Waals surface area contributed by atoms with Gasteiger partial charge in [-0.25, -0.2) is 4.79 Å². The molecule has 11 atom stereocenters. The molecule has 0 aliphatic rings. The Bertz CT molecular complexity index is 3510. The highest BCUT2D eigenvalue weighted by atomic mass is 32.2. The molecule has 0 saturated carbocycles. The Morgan fingerprint density at radius 2 is 0.760 bits per heavy atom. The summed E-state index contributed by atoms with van der Waals surface area (Å²) in [5.74, 6) is -17.1. The maximum Gasteiger partial charge on any atom is 0.326 e. The Labute approximate surface area is 589 Å². The van der Waals surface area contributed by atoms with Crippen LogP contribution in [0.3, 0.4) is 0 Å². The Morgan fingerprint density at radius 1 is 0.410 bits per heavy atom. The lowest BCUT2D eigenvalue weighted by atomic mass is 10.0. The number of thioether (sulfide) groups is 1. The van der Waals surface area contributed by atoms with Gasteiger partial charge in [-0.3, -0.25) is 62.3 Å². The fourth-order valence-corrected chi connectivity index (χ4v) is 10.5. The molecule has 35 heteroatoms. The number of hydrogen-bond donors (Lipinski definition) is 20. The number of aromatic hydroxyl groups is 3. The summed E-state index contributed by atoms with van der Waals surface area (Å²) in [5.41, 5.74) is 7.87. The van der Waals surface area contributed by atoms with Crippen LogP contribution in [0.2, 0.25) is 0 Å². The second-order valence-corrected chi connectivity index (χ2v) is 25.0. The van der Waals surface area contributed by atoms with E-state index in [0.29, 0.717) is 22.3 Å². The van der Waals surface area contributed by atoms with Crippen molar-refractivity contribution in [2.24, 2.45) is 11.7 Å². The molecule has 100 heavy (non-hydrogen) atoms. The molecule has 0 spiro atoms. The van der Waals surface area contributed by atoms with Gasteiger partial charge in [0, 0.05) is 30.8 Å². The fraction of sp³-hybridized carbons (Fsp3) is 0.415. The highest BCUT2D eigenvalue weighted by molar-refractivity contribution is 7.98. The maximum absolute atomic E-state index is 14.5. The van der Waals surface area contributed by atoms with Crippen molar-refractivity contribution < 1.29 is 97.8 Å². The van der Waals surface area contributed by atoms with E-state index < -0.39 is 180 Å². The van der Waals surface area contributed by atoms with Crippen LogP contribution in [0.4, 0.5) is 0 Å². The average molecular weight is 1450 g/mol. The second kappa shape index (κ2) is 41.3. The molecule has 0 fully saturated rings. The number of carbonyl (C=O) groups excluding carboxylic acids is 11. The first-order valence-electron chi connectivity index (χ1n) is 31.1. The lowest BCUT2D eigenvalue weighted by Crippen LogP contribution is -2.61. The van der Waals surface area contributed by atoms with Gasteiger partial charge < -0.3 is 94.9 Å². The van der Waals surface area contributed by atoms with Crippen molar-refractivity contribution in [2.75, 3.05) is 30.1 Å². The minimum atomic E-state index is -1.82. The van der Waals surface area contributed by atoms with Gasteiger partial charge in [0.05, 0.1) is 25.4 Å². The molecule has 11 amide bonds. The molecule has 0 aliphatic carbocycles. The van der Waals surface area contributed by atoms with Crippen molar-refractivity contribution in [1.82, 2.24) is 58.5 Å². The summed E-state index contributed by atoms with van der Waals surface area (Å²) in [6.45, 7) is 3.32. The smallest absolute Gasteiger partial charge is 0.326 e. The Kier molecular flexibility index (Phi) is 34.0. The number of aliphatic carboxylic acids is 3. The highest BCUT2D eigenvalue weighted by Gasteiger charge is 2.36. The van der Waals surface area contributed by atoms with Gasteiger partial charge in [0.2, 0.25) is 65.0 Å². The molecule has 4 aromatic rings. The summed E-state index contributed by atoms with van der Waals surface area (Å²) in [6.07, 6.45) is -1.22. The Morgan fingerprint density at radius 3 is 1.18 bits per heavy atom. The van der Waals surface area contributed by atoms with Crippen LogP contribution in [0.25, 0.3) is 0 Å². The van der Waals surface area contributed by atoms with Crippen LogP contribution in [0.5, 0.6) is 17.2 Å². The number of thiol groups is 2. The largest absolute Gasteiger partial charge is 0.508 e. The molecule has 0 saturated heterocycles. The van der Waals surface area contributed by atoms with Crippen LogP contribution in [-0.4, -0.2) is 210 Å². The number of carboxylic acids is 3. The number of amides is 11. The summed E-state index contributed by atoms with van der Waals surface area (Å²) in [7, 11) is 0. The number of nitrogens with one attached hydrogen (secondary N) is 11. The third-order valence-electron chi connectivity index (χ3n) is 15.0. The number of carboxylic acid groups (broad SMARTS) is 3. The summed E-state index contributed by atoms with van der Waals surface area (Å²) in [5, 5.41) is 85.1. The summed E-state index contributed by atoms with van der Waals surface area (Å²) in [4.78, 5) is 188. The van der Waals surface area contributed by atoms with E-state index >= 15 is 0 Å². The van der Waals surface area contributed by atoms with Gasteiger partial charge in [-0.05, 0) is 96.3 Å². The third kappa shape index (κ3) is 28.4. The van der Waals surface area contributed by atoms with Crippen LogP contribution in [0.1, 0.15) is 62.3 Å². The molecule has 0 heterocycles. The molecular weight excluding hydrogens is 1360 g/mol. The van der Waals surface area contributed by atoms with Crippen molar-refractivity contribution >= 4 is 120 Å². The Hall–Kier alpha value is -10.1. The Balaban J connectivity index is 1.52. The van der Waals surface area contributed by atoms with Crippen LogP contribution in [0, 0.1) is 5.92 Å². The fourth-order valence-electron chi connectivity index (χ4n) is 9.47. The van der Waals surface area contributed by atoms with Crippen LogP contribution < -0.4 is 64.2 Å². The maximum atomic E-state index is 14.5. The average Bonchev–Trinajstić information content (AvgIpc) is 0.867. The minimum Gasteiger partial charge on any atom is -0.508 e. The van der Waals surface area contributed by atoms with Gasteiger partial charge in [-0.1, -0.05) is 80.6 Å². The second-order valence-electron chi connectivity index (χ2n) is 23.3. The predicted octanol–water partition coefficient (Wildman–Crippen LogP) is -2.31. The van der Waals surface area contributed by atoms with E-state index in [0.717, 1.165) is 0 Å². The van der Waals surface area contributed by atoms with Crippen molar-refractivity contribution in [1.29, 1.82) is 0 Å². The van der Waals surface area contributed by atoms with Crippen LogP contribution in [0.15, 0.2) is 103 Å². The summed E-state index contributed by atoms with van der Waals surface area (Å²) < 4.78 is 0. The van der Waals surface area contributed by atoms with Crippen molar-refractivity contribution in [3.8, 4) is 17.2 Å². The lowest BCUT2D eigenvalue weighted by molar-refractivity contribution is -0.144. The van der Waals surface area contributed by atoms with Gasteiger partial charge in [0.15, 0.2) is 0 Å². The van der Waals surface area contributed by atoms with E-state index in [2.05, 4.69) is 83.7 Å². The van der Waals surface area contributed by atoms with Crippen molar-refractivity contribution in [3.05, 3.63) is 125 Å². The molecule has 19 N–H and O–H groups in total. The number of nitrogens with two attached hydrogens (primary N) is 1. The van der Waals surface area contributed by atoms with E-state index in [1.807, 2.05) is 0 Å². The molecule has 4 rings (SSSR count). The van der Waals surface area contributed by atoms with Crippen LogP contribution in [-0.2, 0) is 92.8 Å². The SMILES string of the molecule is CSCC[C@H](NC(=O)[C@H](Cc1ccc(O)cc1)NC(=O)[C@H](CS)NC(=O)[C@H](C)NC(=O)[C@H](Cc1ccc(O)cc1)NC(=O)[C@H](Cc1ccccc1)NC(=O)CNC(=O)[C@H](CC(=O)O)NC(=O)[C@H](CS)NC(=O)[C@@H](N)Cc1ccc(O)cc1)C(=O)N[C@@H](CC(=O)O)C(=O)N[C@H](C(=O)O)C(C)C. The van der Waals surface area contributed by atoms with Gasteiger partial charge in [0.1, 0.15) is 77.7 Å². The summed E-state index contributed by atoms with van der Waals surface area (Å²) in [6, 6.07) is 8.06. The van der Waals surface area contributed by atoms with E-state index in [4.69, 9.17) is 5.73 Å². The molecule has 0 radical (unpaired) electrons. The number of benzene rings is 4. The number of hydrogen-bond acceptors (Lipinski definition) is 21. The van der Waals surface area contributed by atoms with E-state index in [1.54, 1.807) is 36.6 Å². The quantitative estimate of drug-likeness (QED) is 0.0208. The molecule has 542 valence electrons. The summed E-state index contributed by atoms with van der Waals surface area (Å²) >= 11 is 9.64. The van der Waals surface area contributed by atoms with Gasteiger partial charge in [0.25, 0.3) is 0 Å². The van der Waals surface area contributed by atoms with Crippen molar-refractivity contribution in [3.63, 3.8) is 0 Å². The zero-order chi connectivity index (χ0) is 74.3. The zero-order valence-corrected chi connectivity index (χ0v) is 57.4. The molecular formula is C65H84N12O20S3. The van der Waals surface area contributed by atoms with Crippen molar-refractivity contribution in [2.45, 2.75) is 132 Å². The number of rotatable bonds is 41. The van der Waals surface area contributed by atoms with Gasteiger partial charge >= 0.3 is 17.9 Å². The van der Waals surface area contributed by atoms with E-state index in [-0.39, 0.29) is 60.9 Å². The molecule has 0 unspecified atom stereocenters. The van der Waals surface area contributed by atoms with Crippen LogP contribution >= 0.6 is 37.0 Å².